The average Bonchev–Trinajstić information content (AvgIpc) is 3.10. The molecule has 6 heteroatoms. The highest BCUT2D eigenvalue weighted by Crippen LogP contribution is 2.30. The molecular formula is C15H23N3O3. The summed E-state index contributed by atoms with van der Waals surface area (Å²) in [5, 5.41) is 5.13. The molecule has 2 N–H and O–H groups in total. The lowest BCUT2D eigenvalue weighted by Gasteiger charge is -2.31. The third kappa shape index (κ3) is 3.10. The first-order chi connectivity index (χ1) is 10.1. The Morgan fingerprint density at radius 1 is 1.10 bits per heavy atom. The van der Waals surface area contributed by atoms with Crippen molar-refractivity contribution in [3.63, 3.8) is 0 Å². The van der Waals surface area contributed by atoms with Gasteiger partial charge in [-0.3, -0.25) is 24.6 Å². The van der Waals surface area contributed by atoms with Crippen LogP contribution in [0.25, 0.3) is 0 Å². The van der Waals surface area contributed by atoms with Gasteiger partial charge in [-0.1, -0.05) is 12.8 Å². The molecule has 2 unspecified atom stereocenters. The quantitative estimate of drug-likeness (QED) is 0.734. The summed E-state index contributed by atoms with van der Waals surface area (Å²) in [7, 11) is 0. The molecular weight excluding hydrogens is 270 g/mol. The van der Waals surface area contributed by atoms with E-state index in [0.717, 1.165) is 19.4 Å². The van der Waals surface area contributed by atoms with E-state index in [1.807, 2.05) is 0 Å². The van der Waals surface area contributed by atoms with Crippen molar-refractivity contribution in [2.75, 3.05) is 6.54 Å². The van der Waals surface area contributed by atoms with Gasteiger partial charge >= 0.3 is 0 Å². The predicted octanol–water partition coefficient (Wildman–Crippen LogP) is 0.315. The van der Waals surface area contributed by atoms with Gasteiger partial charge in [0.1, 0.15) is 6.04 Å². The van der Waals surface area contributed by atoms with Crippen LogP contribution in [-0.4, -0.2) is 47.3 Å². The standard InChI is InChI=1S/C15H23N3O3/c19-13-8-7-11(14(20)17-13)16-15(21)12-6-3-9-18(12)10-4-1-2-5-10/h10-12H,1-9H2,(H,16,21)(H,17,19,20). The van der Waals surface area contributed by atoms with Gasteiger partial charge in [0, 0.05) is 12.5 Å². The molecule has 116 valence electrons. The third-order valence-electron chi connectivity index (χ3n) is 4.95. The maximum absolute atomic E-state index is 12.5. The zero-order valence-electron chi connectivity index (χ0n) is 12.3. The molecule has 3 fully saturated rings. The van der Waals surface area contributed by atoms with Crippen molar-refractivity contribution in [2.24, 2.45) is 0 Å². The fourth-order valence-electron chi connectivity index (χ4n) is 3.84. The number of carbonyl (C=O) groups excluding carboxylic acids is 3. The maximum Gasteiger partial charge on any atom is 0.249 e. The predicted molar refractivity (Wildman–Crippen MR) is 76.3 cm³/mol. The second-order valence-corrected chi connectivity index (χ2v) is 6.35. The number of amides is 3. The Labute approximate surface area is 124 Å². The number of piperidine rings is 1. The van der Waals surface area contributed by atoms with Crippen molar-refractivity contribution in [3.8, 4) is 0 Å². The van der Waals surface area contributed by atoms with E-state index in [9.17, 15) is 14.4 Å². The Kier molecular flexibility index (Phi) is 4.24. The Morgan fingerprint density at radius 2 is 1.86 bits per heavy atom. The summed E-state index contributed by atoms with van der Waals surface area (Å²) in [5.74, 6) is -0.669. The number of likely N-dealkylation sites (tertiary alicyclic amines) is 1. The van der Waals surface area contributed by atoms with Gasteiger partial charge < -0.3 is 5.32 Å². The van der Waals surface area contributed by atoms with Gasteiger partial charge in [-0.25, -0.2) is 0 Å². The van der Waals surface area contributed by atoms with Crippen molar-refractivity contribution in [1.29, 1.82) is 0 Å². The smallest absolute Gasteiger partial charge is 0.249 e. The average molecular weight is 293 g/mol. The number of nitrogens with one attached hydrogen (secondary N) is 2. The Morgan fingerprint density at radius 3 is 2.57 bits per heavy atom. The van der Waals surface area contributed by atoms with Crippen molar-refractivity contribution >= 4 is 17.7 Å². The normalized spacial score (nSPS) is 31.4. The highest BCUT2D eigenvalue weighted by molar-refractivity contribution is 6.02. The van der Waals surface area contributed by atoms with Crippen LogP contribution in [0, 0.1) is 0 Å². The minimum absolute atomic E-state index is 0.0473. The largest absolute Gasteiger partial charge is 0.343 e. The molecule has 2 aliphatic heterocycles. The van der Waals surface area contributed by atoms with Crippen LogP contribution in [0.3, 0.4) is 0 Å². The van der Waals surface area contributed by atoms with Gasteiger partial charge in [0.05, 0.1) is 6.04 Å². The minimum Gasteiger partial charge on any atom is -0.343 e. The lowest BCUT2D eigenvalue weighted by atomic mass is 10.0. The van der Waals surface area contributed by atoms with E-state index in [-0.39, 0.29) is 23.8 Å². The summed E-state index contributed by atoms with van der Waals surface area (Å²) >= 11 is 0. The molecule has 2 atom stereocenters. The van der Waals surface area contributed by atoms with Crippen LogP contribution >= 0.6 is 0 Å². The molecule has 21 heavy (non-hydrogen) atoms. The van der Waals surface area contributed by atoms with Crippen LogP contribution < -0.4 is 10.6 Å². The van der Waals surface area contributed by atoms with E-state index in [2.05, 4.69) is 15.5 Å². The number of imide groups is 1. The summed E-state index contributed by atoms with van der Waals surface area (Å²) < 4.78 is 0. The molecule has 3 amide bonds. The lowest BCUT2D eigenvalue weighted by molar-refractivity contribution is -0.138. The SMILES string of the molecule is O=C1CCC(NC(=O)C2CCCN2C2CCCC2)C(=O)N1. The van der Waals surface area contributed by atoms with Gasteiger partial charge in [0.25, 0.3) is 0 Å². The van der Waals surface area contributed by atoms with Gasteiger partial charge in [-0.05, 0) is 38.6 Å². The number of nitrogens with zero attached hydrogens (tertiary/aromatic N) is 1. The number of carbonyl (C=O) groups is 3. The molecule has 0 radical (unpaired) electrons. The van der Waals surface area contributed by atoms with Crippen LogP contribution in [-0.2, 0) is 14.4 Å². The fourth-order valence-corrected chi connectivity index (χ4v) is 3.84. The van der Waals surface area contributed by atoms with Crippen LogP contribution in [0.15, 0.2) is 0 Å². The van der Waals surface area contributed by atoms with E-state index in [1.54, 1.807) is 0 Å². The highest BCUT2D eigenvalue weighted by atomic mass is 16.2. The highest BCUT2D eigenvalue weighted by Gasteiger charge is 2.38. The third-order valence-corrected chi connectivity index (χ3v) is 4.95. The second kappa shape index (κ2) is 6.13. The lowest BCUT2D eigenvalue weighted by Crippen LogP contribution is -2.56. The van der Waals surface area contributed by atoms with Gasteiger partial charge in [-0.15, -0.1) is 0 Å². The molecule has 2 heterocycles. The zero-order chi connectivity index (χ0) is 14.8. The molecule has 3 aliphatic rings. The number of hydrogen-bond donors (Lipinski definition) is 2. The minimum atomic E-state index is -0.554. The molecule has 1 aliphatic carbocycles. The van der Waals surface area contributed by atoms with Crippen LogP contribution in [0.5, 0.6) is 0 Å². The van der Waals surface area contributed by atoms with Gasteiger partial charge in [-0.2, -0.15) is 0 Å². The molecule has 1 saturated carbocycles. The number of rotatable bonds is 3. The van der Waals surface area contributed by atoms with E-state index >= 15 is 0 Å². The monoisotopic (exact) mass is 293 g/mol. The molecule has 0 aromatic heterocycles. The molecule has 6 nitrogen and oxygen atoms in total. The van der Waals surface area contributed by atoms with Gasteiger partial charge in [0.15, 0.2) is 0 Å². The van der Waals surface area contributed by atoms with Crippen molar-refractivity contribution < 1.29 is 14.4 Å². The molecule has 3 rings (SSSR count). The Bertz CT molecular complexity index is 445. The topological polar surface area (TPSA) is 78.5 Å². The van der Waals surface area contributed by atoms with Crippen molar-refractivity contribution in [2.45, 2.75) is 69.5 Å². The van der Waals surface area contributed by atoms with E-state index < -0.39 is 6.04 Å². The van der Waals surface area contributed by atoms with Crippen LogP contribution in [0.4, 0.5) is 0 Å². The summed E-state index contributed by atoms with van der Waals surface area (Å²) in [6, 6.07) is -0.121. The maximum atomic E-state index is 12.5. The second-order valence-electron chi connectivity index (χ2n) is 6.35. The Balaban J connectivity index is 1.59. The van der Waals surface area contributed by atoms with E-state index in [0.29, 0.717) is 18.9 Å². The van der Waals surface area contributed by atoms with Crippen LogP contribution in [0.1, 0.15) is 51.4 Å². The van der Waals surface area contributed by atoms with Crippen LogP contribution in [0.2, 0.25) is 0 Å². The molecule has 0 aromatic rings. The summed E-state index contributed by atoms with van der Waals surface area (Å²) in [5.41, 5.74) is 0. The van der Waals surface area contributed by atoms with E-state index in [1.165, 1.54) is 25.7 Å². The first-order valence-electron chi connectivity index (χ1n) is 8.05. The first-order valence-corrected chi connectivity index (χ1v) is 8.05. The summed E-state index contributed by atoms with van der Waals surface area (Å²) in [6.07, 6.45) is 7.50. The Hall–Kier alpha value is -1.43. The van der Waals surface area contributed by atoms with Crippen molar-refractivity contribution in [3.05, 3.63) is 0 Å². The zero-order valence-corrected chi connectivity index (χ0v) is 12.3. The van der Waals surface area contributed by atoms with E-state index in [4.69, 9.17) is 0 Å². The molecule has 0 spiro atoms. The number of hydrogen-bond acceptors (Lipinski definition) is 4. The fraction of sp³-hybridized carbons (Fsp3) is 0.800. The first kappa shape index (κ1) is 14.5. The summed E-state index contributed by atoms with van der Waals surface area (Å²) in [4.78, 5) is 37.7. The molecule has 0 aromatic carbocycles. The molecule has 2 saturated heterocycles. The summed E-state index contributed by atoms with van der Waals surface area (Å²) in [6.45, 7) is 0.984. The van der Waals surface area contributed by atoms with Gasteiger partial charge in [0.2, 0.25) is 17.7 Å². The molecule has 0 bridgehead atoms. The van der Waals surface area contributed by atoms with Crippen molar-refractivity contribution in [1.82, 2.24) is 15.5 Å².